The number of piperidine rings is 1. The number of likely N-dealkylation sites (tertiary alicyclic amines) is 1. The fraction of sp³-hybridized carbons (Fsp3) is 0.387. The van der Waals surface area contributed by atoms with Gasteiger partial charge in [-0.1, -0.05) is 0 Å². The van der Waals surface area contributed by atoms with Crippen molar-refractivity contribution in [3.63, 3.8) is 0 Å². The van der Waals surface area contributed by atoms with Gasteiger partial charge in [0.1, 0.15) is 0 Å². The Kier molecular flexibility index (Phi) is 7.36. The van der Waals surface area contributed by atoms with Crippen molar-refractivity contribution in [2.24, 2.45) is 0 Å². The van der Waals surface area contributed by atoms with E-state index in [-0.39, 0.29) is 23.3 Å². The minimum atomic E-state index is -0.294. The molecule has 0 amide bonds. The van der Waals surface area contributed by atoms with Gasteiger partial charge in [-0.25, -0.2) is 0 Å². The van der Waals surface area contributed by atoms with E-state index in [0.717, 1.165) is 80.5 Å². The molecule has 42 heavy (non-hydrogen) atoms. The maximum atomic E-state index is 14.3. The predicted octanol–water partition coefficient (Wildman–Crippen LogP) is 4.05. The fourth-order valence-electron chi connectivity index (χ4n) is 6.80. The summed E-state index contributed by atoms with van der Waals surface area (Å²) in [6, 6.07) is 10.5. The Labute approximate surface area is 244 Å². The quantitative estimate of drug-likeness (QED) is 0.289. The first-order chi connectivity index (χ1) is 20.5. The molecule has 0 atom stereocenters. The number of nitrogens with zero attached hydrogens (tertiary/aromatic N) is 5. The third kappa shape index (κ3) is 5.15. The molecular formula is C31H33B2FN6O2. The third-order valence-corrected chi connectivity index (χ3v) is 8.95. The Morgan fingerprint density at radius 2 is 1.86 bits per heavy atom. The molecule has 0 unspecified atom stereocenters. The van der Waals surface area contributed by atoms with Crippen LogP contribution < -0.4 is 10.6 Å². The van der Waals surface area contributed by atoms with Crippen molar-refractivity contribution in [2.45, 2.75) is 44.7 Å². The molecular weight excluding hydrogens is 529 g/mol. The van der Waals surface area contributed by atoms with Gasteiger partial charge in [-0.05, 0) is 0 Å². The van der Waals surface area contributed by atoms with Gasteiger partial charge in [0.05, 0.1) is 0 Å². The fourth-order valence-corrected chi connectivity index (χ4v) is 6.80. The van der Waals surface area contributed by atoms with E-state index in [2.05, 4.69) is 19.8 Å². The number of imidazole rings is 1. The van der Waals surface area contributed by atoms with Crippen LogP contribution in [0.5, 0.6) is 0 Å². The average Bonchev–Trinajstić information content (AvgIpc) is 3.74. The van der Waals surface area contributed by atoms with Crippen molar-refractivity contribution in [1.82, 2.24) is 24.0 Å². The first-order valence-electron chi connectivity index (χ1n) is 15.0. The molecule has 2 fully saturated rings. The SMILES string of the molecule is O=C(c1bcbc(N2CCC(n3c(=O)[nH]c4ncccc43)CC2)c1)c1cn(CCCN2CCCC2)c2cc(F)ccc12. The van der Waals surface area contributed by atoms with Crippen LogP contribution in [0.4, 0.5) is 9.97 Å². The Balaban J connectivity index is 1.09. The second-order valence-corrected chi connectivity index (χ2v) is 11.6. The molecule has 8 nitrogen and oxygen atoms in total. The number of anilines is 1. The Morgan fingerprint density at radius 1 is 1.02 bits per heavy atom. The van der Waals surface area contributed by atoms with E-state index in [1.807, 2.05) is 53.2 Å². The van der Waals surface area contributed by atoms with E-state index >= 15 is 0 Å². The maximum absolute atomic E-state index is 14.3. The summed E-state index contributed by atoms with van der Waals surface area (Å²) in [6.45, 7) is 9.51. The number of aryl methyl sites for hydroxylation is 1. The van der Waals surface area contributed by atoms with Crippen LogP contribution in [-0.2, 0) is 6.54 Å². The minimum absolute atomic E-state index is 0.0560. The molecule has 0 aliphatic carbocycles. The number of carbonyl (C=O) groups is 1. The third-order valence-electron chi connectivity index (χ3n) is 8.95. The van der Waals surface area contributed by atoms with Crippen molar-refractivity contribution in [3.05, 3.63) is 82.0 Å². The topological polar surface area (TPSA) is 79.2 Å². The molecule has 6 heterocycles. The number of carbonyl (C=O) groups excluding carboxylic acids is 1. The van der Waals surface area contributed by atoms with E-state index in [4.69, 9.17) is 0 Å². The molecule has 0 radical (unpaired) electrons. The predicted molar refractivity (Wildman–Crippen MR) is 166 cm³/mol. The van der Waals surface area contributed by atoms with Gasteiger partial charge in [0, 0.05) is 0 Å². The molecule has 5 aromatic rings. The van der Waals surface area contributed by atoms with Crippen LogP contribution in [0, 0.1) is 5.82 Å². The Hall–Kier alpha value is -3.85. The summed E-state index contributed by atoms with van der Waals surface area (Å²) in [6.07, 6.45) is 8.70. The van der Waals surface area contributed by atoms with E-state index < -0.39 is 0 Å². The van der Waals surface area contributed by atoms with Crippen LogP contribution in [0.1, 0.15) is 54.0 Å². The number of ketones is 1. The first kappa shape index (κ1) is 27.0. The number of nitrogens with one attached hydrogen (secondary N) is 1. The Morgan fingerprint density at radius 3 is 2.69 bits per heavy atom. The summed E-state index contributed by atoms with van der Waals surface area (Å²) >= 11 is 0. The molecule has 0 saturated carbocycles. The number of hydrogen-bond acceptors (Lipinski definition) is 5. The standard InChI is InChI=1S/C31H33B2FN6O2/c34-21-6-7-23-24(19-39(27(23)17-21)14-4-13-37-11-1-2-12-37)29(41)25-18-28(33-20-32-25)38-15-8-22(9-16-38)40-26-5-3-10-35-30(26)36-31(40)42/h3,5-7,10,17-20,22H,1-2,4,8-9,11-16H2,(H,35,36,42). The van der Waals surface area contributed by atoms with Crippen molar-refractivity contribution in [1.29, 1.82) is 0 Å². The van der Waals surface area contributed by atoms with Gasteiger partial charge in [0.25, 0.3) is 0 Å². The Bertz CT molecular complexity index is 1820. The molecule has 2 saturated heterocycles. The second-order valence-electron chi connectivity index (χ2n) is 11.6. The van der Waals surface area contributed by atoms with Gasteiger partial charge >= 0.3 is 245 Å². The summed E-state index contributed by atoms with van der Waals surface area (Å²) in [5, 5.41) is 0.785. The molecule has 0 bridgehead atoms. The normalized spacial score (nSPS) is 16.5. The van der Waals surface area contributed by atoms with Crippen LogP contribution in [-0.4, -0.2) is 76.3 Å². The van der Waals surface area contributed by atoms with Crippen molar-refractivity contribution in [3.8, 4) is 0 Å². The molecule has 0 spiro atoms. The van der Waals surface area contributed by atoms with E-state index in [1.54, 1.807) is 12.3 Å². The molecule has 212 valence electrons. The van der Waals surface area contributed by atoms with Crippen molar-refractivity contribution in [2.75, 3.05) is 37.6 Å². The number of H-pyrrole nitrogens is 1. The summed E-state index contributed by atoms with van der Waals surface area (Å²) in [5.74, 6) is 1.58. The second kappa shape index (κ2) is 11.4. The molecule has 1 N–H and O–H groups in total. The summed E-state index contributed by atoms with van der Waals surface area (Å²) in [7, 11) is 0. The number of rotatable bonds is 8. The van der Waals surface area contributed by atoms with Gasteiger partial charge in [0.2, 0.25) is 0 Å². The molecule has 4 aromatic heterocycles. The average molecular weight is 562 g/mol. The number of hydrogen-bond donors (Lipinski definition) is 1. The number of aromatic amines is 1. The van der Waals surface area contributed by atoms with E-state index in [0.29, 0.717) is 16.7 Å². The summed E-state index contributed by atoms with van der Waals surface area (Å²) < 4.78 is 18.1. The van der Waals surface area contributed by atoms with Gasteiger partial charge < -0.3 is 0 Å². The summed E-state index contributed by atoms with van der Waals surface area (Å²) in [4.78, 5) is 38.4. The van der Waals surface area contributed by atoms with Gasteiger partial charge in [-0.3, -0.25) is 0 Å². The van der Waals surface area contributed by atoms with Crippen molar-refractivity contribution >= 4 is 47.3 Å². The van der Waals surface area contributed by atoms with Gasteiger partial charge in [-0.15, -0.1) is 0 Å². The van der Waals surface area contributed by atoms with Crippen LogP contribution in [0.25, 0.3) is 22.1 Å². The van der Waals surface area contributed by atoms with Crippen LogP contribution >= 0.6 is 0 Å². The molecule has 2 aliphatic heterocycles. The van der Waals surface area contributed by atoms with Gasteiger partial charge in [-0.2, -0.15) is 0 Å². The van der Waals surface area contributed by atoms with E-state index in [9.17, 15) is 14.0 Å². The molecule has 1 aromatic carbocycles. The zero-order chi connectivity index (χ0) is 28.6. The summed E-state index contributed by atoms with van der Waals surface area (Å²) in [5.41, 5.74) is 4.32. The molecule has 7 rings (SSSR count). The van der Waals surface area contributed by atoms with Gasteiger partial charge in [0.15, 0.2) is 0 Å². The van der Waals surface area contributed by atoms with E-state index in [1.165, 1.54) is 25.0 Å². The first-order valence-corrected chi connectivity index (χ1v) is 15.0. The van der Waals surface area contributed by atoms with Crippen molar-refractivity contribution < 1.29 is 9.18 Å². The zero-order valence-electron chi connectivity index (χ0n) is 23.6. The number of halogens is 1. The zero-order valence-corrected chi connectivity index (χ0v) is 23.6. The monoisotopic (exact) mass is 562 g/mol. The van der Waals surface area contributed by atoms with Crippen LogP contribution in [0.15, 0.2) is 59.4 Å². The van der Waals surface area contributed by atoms with Crippen LogP contribution in [0.2, 0.25) is 0 Å². The molecule has 2 aliphatic rings. The number of fused-ring (bicyclic) bond motifs is 2. The number of pyridine rings is 1. The molecule has 11 heteroatoms. The van der Waals surface area contributed by atoms with Crippen LogP contribution in [0.3, 0.4) is 0 Å². The number of aromatic nitrogens is 4. The number of benzene rings is 1.